The molecule has 3 N–H and O–H groups in total. The van der Waals surface area contributed by atoms with Crippen molar-refractivity contribution in [3.8, 4) is 11.5 Å². The molecule has 7 rings (SSSR count). The molecular formula is C52H59N6O14S+. The Bertz CT molecular complexity index is 3040. The summed E-state index contributed by atoms with van der Waals surface area (Å²) in [6, 6.07) is 16.5. The number of amides is 3. The van der Waals surface area contributed by atoms with Crippen LogP contribution in [0.1, 0.15) is 70.3 Å². The van der Waals surface area contributed by atoms with Crippen LogP contribution in [0.4, 0.5) is 17.1 Å². The van der Waals surface area contributed by atoms with Gasteiger partial charge in [-0.3, -0.25) is 43.5 Å². The van der Waals surface area contributed by atoms with E-state index in [-0.39, 0.29) is 85.4 Å². The molecule has 0 saturated carbocycles. The lowest BCUT2D eigenvalue weighted by molar-refractivity contribution is -0.401. The molecule has 0 fully saturated rings. The van der Waals surface area contributed by atoms with Crippen molar-refractivity contribution in [2.45, 2.75) is 70.4 Å². The molecule has 0 saturated heterocycles. The summed E-state index contributed by atoms with van der Waals surface area (Å²) in [6.45, 7) is 9.29. The Kier molecular flexibility index (Phi) is 15.6. The minimum absolute atomic E-state index is 0.00533. The Hall–Kier alpha value is -7.49. The Morgan fingerprint density at radius 2 is 1.60 bits per heavy atom. The van der Waals surface area contributed by atoms with Crippen molar-refractivity contribution in [3.05, 3.63) is 134 Å². The molecule has 21 heteroatoms. The number of nitro benzene ring substituents is 1. The van der Waals surface area contributed by atoms with E-state index in [1.54, 1.807) is 12.2 Å². The van der Waals surface area contributed by atoms with Crippen molar-refractivity contribution < 1.29 is 65.4 Å². The van der Waals surface area contributed by atoms with Crippen LogP contribution in [-0.4, -0.2) is 128 Å². The lowest BCUT2D eigenvalue weighted by atomic mass is 9.77. The van der Waals surface area contributed by atoms with Crippen LogP contribution in [0.2, 0.25) is 0 Å². The molecule has 3 aromatic carbocycles. The first-order valence-electron chi connectivity index (χ1n) is 23.5. The summed E-state index contributed by atoms with van der Waals surface area (Å²) < 4.78 is 59.4. The van der Waals surface area contributed by atoms with Gasteiger partial charge in [-0.25, -0.2) is 0 Å². The number of para-hydroxylation sites is 2. The second kappa shape index (κ2) is 21.3. The highest BCUT2D eigenvalue weighted by molar-refractivity contribution is 7.85. The maximum atomic E-state index is 14.4. The number of ketones is 1. The zero-order valence-corrected chi connectivity index (χ0v) is 42.7. The van der Waals surface area contributed by atoms with Crippen molar-refractivity contribution in [1.82, 2.24) is 15.5 Å². The molecule has 1 aliphatic carbocycles. The van der Waals surface area contributed by atoms with Crippen LogP contribution in [0.25, 0.3) is 0 Å². The largest absolute Gasteiger partial charge is 0.493 e. The van der Waals surface area contributed by atoms with Crippen LogP contribution in [0.3, 0.4) is 0 Å². The van der Waals surface area contributed by atoms with Crippen LogP contribution < -0.4 is 25.0 Å². The number of carbonyl (C=O) groups is 5. The van der Waals surface area contributed by atoms with Crippen molar-refractivity contribution in [2.75, 3.05) is 64.8 Å². The van der Waals surface area contributed by atoms with Gasteiger partial charge in [-0.15, -0.1) is 0 Å². The zero-order chi connectivity index (χ0) is 53.2. The number of anilines is 1. The summed E-state index contributed by atoms with van der Waals surface area (Å²) in [7, 11) is 0.279. The molecule has 3 aromatic rings. The summed E-state index contributed by atoms with van der Waals surface area (Å²) >= 11 is 0. The zero-order valence-electron chi connectivity index (χ0n) is 41.8. The van der Waals surface area contributed by atoms with E-state index in [9.17, 15) is 47.1 Å². The van der Waals surface area contributed by atoms with Gasteiger partial charge in [0, 0.05) is 72.3 Å². The third-order valence-corrected chi connectivity index (χ3v) is 14.2. The van der Waals surface area contributed by atoms with Gasteiger partial charge in [0.2, 0.25) is 11.6 Å². The average molecular weight is 1020 g/mol. The smallest absolute Gasteiger partial charge is 0.306 e. The highest BCUT2D eigenvalue weighted by atomic mass is 32.2. The van der Waals surface area contributed by atoms with E-state index in [1.165, 1.54) is 32.3 Å². The summed E-state index contributed by atoms with van der Waals surface area (Å²) in [5.41, 5.74) is 4.60. The van der Waals surface area contributed by atoms with Gasteiger partial charge in [0.1, 0.15) is 31.6 Å². The molecule has 0 radical (unpaired) electrons. The molecule has 3 heterocycles. The van der Waals surface area contributed by atoms with Gasteiger partial charge < -0.3 is 34.5 Å². The number of fused-ring (bicyclic) bond motifs is 2. The number of likely N-dealkylation sites (N-methyl/N-ethyl adjacent to an activating group) is 1. The molecule has 73 heavy (non-hydrogen) atoms. The molecule has 2 unspecified atom stereocenters. The van der Waals surface area contributed by atoms with E-state index in [0.717, 1.165) is 44.9 Å². The molecule has 20 nitrogen and oxygen atoms in total. The quantitative estimate of drug-likeness (QED) is 0.0174. The third kappa shape index (κ3) is 11.1. The van der Waals surface area contributed by atoms with E-state index in [4.69, 9.17) is 18.9 Å². The summed E-state index contributed by atoms with van der Waals surface area (Å²) in [6.07, 6.45) is 4.88. The number of methoxy groups -OCH3 is 1. The first-order valence-corrected chi connectivity index (χ1v) is 25.1. The fourth-order valence-electron chi connectivity index (χ4n) is 9.57. The normalized spacial score (nSPS) is 18.5. The van der Waals surface area contributed by atoms with Crippen molar-refractivity contribution in [3.63, 3.8) is 0 Å². The average Bonchev–Trinajstić information content (AvgIpc) is 3.84. The first kappa shape index (κ1) is 53.3. The number of hydrogen-bond acceptors (Lipinski definition) is 15. The van der Waals surface area contributed by atoms with Gasteiger partial charge in [-0.2, -0.15) is 13.0 Å². The van der Waals surface area contributed by atoms with Crippen molar-refractivity contribution in [2.24, 2.45) is 0 Å². The van der Waals surface area contributed by atoms with Gasteiger partial charge >= 0.3 is 5.97 Å². The molecule has 0 spiro atoms. The molecule has 0 bridgehead atoms. The van der Waals surface area contributed by atoms with Gasteiger partial charge in [0.05, 0.1) is 60.0 Å². The van der Waals surface area contributed by atoms with Crippen LogP contribution in [-0.2, 0) is 54.4 Å². The van der Waals surface area contributed by atoms with E-state index in [0.29, 0.717) is 0 Å². The van der Waals surface area contributed by atoms with Crippen LogP contribution >= 0.6 is 0 Å². The number of nitrogens with one attached hydrogen (secondary N) is 2. The highest BCUT2D eigenvalue weighted by Gasteiger charge is 2.47. The van der Waals surface area contributed by atoms with Gasteiger partial charge in [0.25, 0.3) is 27.6 Å². The fourth-order valence-corrected chi connectivity index (χ4v) is 10.2. The molecule has 3 amide bonds. The third-order valence-electron chi connectivity index (χ3n) is 13.4. The van der Waals surface area contributed by atoms with E-state index >= 15 is 0 Å². The van der Waals surface area contributed by atoms with E-state index in [2.05, 4.69) is 10.6 Å². The lowest BCUT2D eigenvalue weighted by Gasteiger charge is -2.31. The molecule has 2 atom stereocenters. The lowest BCUT2D eigenvalue weighted by Crippen LogP contribution is -2.51. The number of rotatable bonds is 22. The van der Waals surface area contributed by atoms with Crippen molar-refractivity contribution >= 4 is 62.4 Å². The number of nitro groups is 1. The van der Waals surface area contributed by atoms with Gasteiger partial charge in [-0.05, 0) is 51.0 Å². The Morgan fingerprint density at radius 3 is 2.25 bits per heavy atom. The number of carbonyl (C=O) groups excluding carboxylic acids is 5. The SMILES string of the molecule is COc1cc(C(C)OC(=O)CCCOCCN2C(=O)C=CC2=O)c([N+](=O)[O-])cc1OCCNC(=O)C(CS(=O)(=O)O)NC1=C(C=C2N(C)c3ccccc3C2(C)C)C(=O)C1=CC1=[N+](C)c2ccccc2C1(C)C. The Morgan fingerprint density at radius 1 is 0.932 bits per heavy atom. The molecule has 0 aromatic heterocycles. The van der Waals surface area contributed by atoms with E-state index in [1.807, 2.05) is 99.8 Å². The summed E-state index contributed by atoms with van der Waals surface area (Å²) in [5, 5.41) is 17.9. The maximum absolute atomic E-state index is 14.4. The summed E-state index contributed by atoms with van der Waals surface area (Å²) in [5.74, 6) is -3.85. The molecule has 3 aliphatic heterocycles. The number of Topliss-reactive ketones (excluding diaryl/α,β-unsaturated/α-hetero) is 1. The molecule has 4 aliphatic rings. The number of esters is 1. The summed E-state index contributed by atoms with van der Waals surface area (Å²) in [4.78, 5) is 79.1. The van der Waals surface area contributed by atoms with Gasteiger partial charge in [0.15, 0.2) is 23.0 Å². The minimum atomic E-state index is -4.81. The number of nitrogens with zero attached hydrogens (tertiary/aromatic N) is 4. The number of benzene rings is 3. The first-order chi connectivity index (χ1) is 34.5. The fraction of sp³-hybridized carbons (Fsp3) is 0.385. The minimum Gasteiger partial charge on any atom is -0.493 e. The van der Waals surface area contributed by atoms with Crippen LogP contribution in [0, 0.1) is 10.1 Å². The second-order valence-corrected chi connectivity index (χ2v) is 20.4. The number of ether oxygens (including phenoxy) is 4. The Balaban J connectivity index is 1.05. The Labute approximate surface area is 422 Å². The predicted octanol–water partition coefficient (Wildman–Crippen LogP) is 5.05. The molecule has 386 valence electrons. The monoisotopic (exact) mass is 1020 g/mol. The standard InChI is InChI=1S/C52H58N6O14S/c1-31(72-47(61)18-13-23-70-25-22-57-45(59)19-20-46(57)60)32-26-41(69-8)42(29-40(32)58(64)65)71-24-21-53-50(63)37(30-73(66,67)68)54-48-33(27-43-51(2,3)35-14-9-11-16-38(35)55(43)6)49(62)34(48)28-44-52(4,5)36-15-10-12-17-39(36)56(44)7/h9-12,14-17,19-20,26-29,31,37H,13,18,21-25,30H2,1-8H3,(H2-,53,54,62,63,66,67,68)/p+1. The van der Waals surface area contributed by atoms with Crippen molar-refractivity contribution in [1.29, 1.82) is 0 Å². The number of allylic oxidation sites excluding steroid dienone is 5. The topological polar surface area (TPSA) is 253 Å². The number of imide groups is 1. The van der Waals surface area contributed by atoms with Crippen LogP contribution in [0.15, 0.2) is 108 Å². The highest BCUT2D eigenvalue weighted by Crippen LogP contribution is 2.48. The van der Waals surface area contributed by atoms with E-state index < -0.39 is 73.1 Å². The molecular weight excluding hydrogens is 965 g/mol. The maximum Gasteiger partial charge on any atom is 0.306 e. The van der Waals surface area contributed by atoms with Gasteiger partial charge in [-0.1, -0.05) is 50.2 Å². The predicted molar refractivity (Wildman–Crippen MR) is 268 cm³/mol. The van der Waals surface area contributed by atoms with Crippen LogP contribution in [0.5, 0.6) is 11.5 Å². The second-order valence-electron chi connectivity index (χ2n) is 18.9. The number of hydrogen-bond donors (Lipinski definition) is 3.